The molecule has 0 saturated heterocycles. The first kappa shape index (κ1) is 12.1. The number of nitrogens with two attached hydrogens (primary N) is 1. The van der Waals surface area contributed by atoms with Crippen LogP contribution in [0.4, 0.5) is 11.8 Å². The monoisotopic (exact) mass is 252 g/mol. The van der Waals surface area contributed by atoms with E-state index >= 15 is 0 Å². The van der Waals surface area contributed by atoms with Crippen LogP contribution in [-0.2, 0) is 4.74 Å². The van der Waals surface area contributed by atoms with E-state index < -0.39 is 0 Å². The molecular weight excluding hydrogens is 236 g/mol. The number of nitrogens with zero attached hydrogens (tertiary/aromatic N) is 3. The first-order valence-corrected chi connectivity index (χ1v) is 6.31. The van der Waals surface area contributed by atoms with Gasteiger partial charge in [-0.1, -0.05) is 0 Å². The Kier molecular flexibility index (Phi) is 3.75. The van der Waals surface area contributed by atoms with E-state index in [-0.39, 0.29) is 0 Å². The minimum absolute atomic E-state index is 0.327. The maximum Gasteiger partial charge on any atom is 0.223 e. The van der Waals surface area contributed by atoms with Gasteiger partial charge in [-0.05, 0) is 17.9 Å². The summed E-state index contributed by atoms with van der Waals surface area (Å²) < 4.78 is 5.04. The van der Waals surface area contributed by atoms with Gasteiger partial charge in [0.1, 0.15) is 10.6 Å². The number of anilines is 2. The fourth-order valence-electron chi connectivity index (χ4n) is 1.70. The maximum atomic E-state index is 5.71. The van der Waals surface area contributed by atoms with Gasteiger partial charge < -0.3 is 15.4 Å². The Balaban J connectivity index is 2.24. The van der Waals surface area contributed by atoms with Gasteiger partial charge in [0.2, 0.25) is 5.95 Å². The van der Waals surface area contributed by atoms with E-state index in [0.717, 1.165) is 35.6 Å². The lowest BCUT2D eigenvalue weighted by molar-refractivity contribution is 0.196. The molecule has 0 radical (unpaired) electrons. The highest BCUT2D eigenvalue weighted by Crippen LogP contribution is 2.27. The van der Waals surface area contributed by atoms with Crippen LogP contribution in [0.5, 0.6) is 0 Å². The second-order valence-corrected chi connectivity index (χ2v) is 4.71. The molecule has 0 fully saturated rings. The molecule has 17 heavy (non-hydrogen) atoms. The highest BCUT2D eigenvalue weighted by molar-refractivity contribution is 7.16. The van der Waals surface area contributed by atoms with Crippen LogP contribution in [0.1, 0.15) is 6.42 Å². The van der Waals surface area contributed by atoms with Crippen molar-refractivity contribution < 1.29 is 4.74 Å². The van der Waals surface area contributed by atoms with Crippen molar-refractivity contribution in [2.75, 3.05) is 37.9 Å². The number of thiophene rings is 1. The second kappa shape index (κ2) is 5.29. The fraction of sp³-hybridized carbons (Fsp3) is 0.455. The number of methoxy groups -OCH3 is 1. The van der Waals surface area contributed by atoms with Crippen molar-refractivity contribution in [3.8, 4) is 0 Å². The van der Waals surface area contributed by atoms with Gasteiger partial charge in [-0.25, -0.2) is 4.98 Å². The molecule has 2 aromatic heterocycles. The molecule has 2 N–H and O–H groups in total. The zero-order valence-electron chi connectivity index (χ0n) is 10.0. The summed E-state index contributed by atoms with van der Waals surface area (Å²) in [4.78, 5) is 11.5. The minimum atomic E-state index is 0.327. The molecule has 2 aromatic rings. The van der Waals surface area contributed by atoms with Crippen LogP contribution >= 0.6 is 11.3 Å². The molecule has 0 spiro atoms. The van der Waals surface area contributed by atoms with Crippen molar-refractivity contribution in [2.45, 2.75) is 6.42 Å². The standard InChI is InChI=1S/C11H16N4OS/c1-15(5-3-6-16-2)9-8-4-7-17-10(8)14-11(12)13-9/h4,7H,3,5-6H2,1-2H3,(H2,12,13,14). The van der Waals surface area contributed by atoms with Crippen molar-refractivity contribution in [1.82, 2.24) is 9.97 Å². The predicted molar refractivity (Wildman–Crippen MR) is 71.6 cm³/mol. The summed E-state index contributed by atoms with van der Waals surface area (Å²) in [5.41, 5.74) is 5.71. The van der Waals surface area contributed by atoms with Crippen LogP contribution in [-0.4, -0.2) is 37.3 Å². The molecule has 0 aromatic carbocycles. The third-order valence-corrected chi connectivity index (χ3v) is 3.33. The highest BCUT2D eigenvalue weighted by Gasteiger charge is 2.11. The van der Waals surface area contributed by atoms with E-state index in [0.29, 0.717) is 5.95 Å². The zero-order valence-corrected chi connectivity index (χ0v) is 10.8. The number of hydrogen-bond acceptors (Lipinski definition) is 6. The molecule has 2 heterocycles. The molecule has 0 aliphatic heterocycles. The van der Waals surface area contributed by atoms with Gasteiger partial charge in [0, 0.05) is 27.3 Å². The van der Waals surface area contributed by atoms with Gasteiger partial charge in [-0.15, -0.1) is 11.3 Å². The maximum absolute atomic E-state index is 5.71. The molecule has 5 nitrogen and oxygen atoms in total. The van der Waals surface area contributed by atoms with Gasteiger partial charge in [0.25, 0.3) is 0 Å². The van der Waals surface area contributed by atoms with Crippen molar-refractivity contribution in [2.24, 2.45) is 0 Å². The topological polar surface area (TPSA) is 64.3 Å². The first-order chi connectivity index (χ1) is 8.22. The average Bonchev–Trinajstić information content (AvgIpc) is 2.75. The first-order valence-electron chi connectivity index (χ1n) is 5.43. The van der Waals surface area contributed by atoms with Crippen molar-refractivity contribution >= 4 is 33.3 Å². The number of ether oxygens (including phenoxy) is 1. The number of hydrogen-bond donors (Lipinski definition) is 1. The van der Waals surface area contributed by atoms with E-state index in [2.05, 4.69) is 14.9 Å². The Morgan fingerprint density at radius 3 is 3.06 bits per heavy atom. The van der Waals surface area contributed by atoms with Crippen LogP contribution in [0.15, 0.2) is 11.4 Å². The summed E-state index contributed by atoms with van der Waals surface area (Å²) in [6.07, 6.45) is 0.961. The average molecular weight is 252 g/mol. The predicted octanol–water partition coefficient (Wildman–Crippen LogP) is 1.75. The summed E-state index contributed by atoms with van der Waals surface area (Å²) in [6, 6.07) is 2.03. The quantitative estimate of drug-likeness (QED) is 0.821. The van der Waals surface area contributed by atoms with Crippen molar-refractivity contribution in [3.63, 3.8) is 0 Å². The molecule has 6 heteroatoms. The normalized spacial score (nSPS) is 10.9. The Bertz CT molecular complexity index is 499. The van der Waals surface area contributed by atoms with Gasteiger partial charge in [-0.2, -0.15) is 4.98 Å². The molecule has 0 saturated carbocycles. The van der Waals surface area contributed by atoms with E-state index in [4.69, 9.17) is 10.5 Å². The lowest BCUT2D eigenvalue weighted by Gasteiger charge is -2.18. The molecule has 2 rings (SSSR count). The van der Waals surface area contributed by atoms with Crippen LogP contribution in [0.3, 0.4) is 0 Å². The summed E-state index contributed by atoms with van der Waals surface area (Å²) in [7, 11) is 3.72. The number of aromatic nitrogens is 2. The largest absolute Gasteiger partial charge is 0.385 e. The van der Waals surface area contributed by atoms with Gasteiger partial charge in [0.05, 0.1) is 5.39 Å². The molecule has 0 unspecified atom stereocenters. The van der Waals surface area contributed by atoms with Crippen molar-refractivity contribution in [1.29, 1.82) is 0 Å². The Labute approximate surface area is 104 Å². The van der Waals surface area contributed by atoms with Crippen LogP contribution in [0.25, 0.3) is 10.2 Å². The van der Waals surface area contributed by atoms with E-state index in [1.165, 1.54) is 0 Å². The summed E-state index contributed by atoms with van der Waals surface area (Å²) in [6.45, 7) is 1.63. The minimum Gasteiger partial charge on any atom is -0.385 e. The Morgan fingerprint density at radius 2 is 2.29 bits per heavy atom. The lowest BCUT2D eigenvalue weighted by Crippen LogP contribution is -2.21. The summed E-state index contributed by atoms with van der Waals surface area (Å²) in [5.74, 6) is 1.22. The molecule has 0 aliphatic carbocycles. The Morgan fingerprint density at radius 1 is 1.47 bits per heavy atom. The van der Waals surface area contributed by atoms with Crippen LogP contribution < -0.4 is 10.6 Å². The van der Waals surface area contributed by atoms with Gasteiger partial charge in [0.15, 0.2) is 0 Å². The molecular formula is C11H16N4OS. The molecule has 0 aliphatic rings. The Hall–Kier alpha value is -1.40. The van der Waals surface area contributed by atoms with E-state index in [9.17, 15) is 0 Å². The van der Waals surface area contributed by atoms with Gasteiger partial charge in [-0.3, -0.25) is 0 Å². The lowest BCUT2D eigenvalue weighted by atomic mass is 10.3. The number of fused-ring (bicyclic) bond motifs is 1. The fourth-order valence-corrected chi connectivity index (χ4v) is 2.46. The van der Waals surface area contributed by atoms with Crippen LogP contribution in [0, 0.1) is 0 Å². The number of rotatable bonds is 5. The smallest absolute Gasteiger partial charge is 0.223 e. The second-order valence-electron chi connectivity index (χ2n) is 3.81. The zero-order chi connectivity index (χ0) is 12.3. The van der Waals surface area contributed by atoms with Crippen molar-refractivity contribution in [3.05, 3.63) is 11.4 Å². The molecule has 0 atom stereocenters. The number of nitrogen functional groups attached to an aromatic ring is 1. The van der Waals surface area contributed by atoms with Gasteiger partial charge >= 0.3 is 0 Å². The van der Waals surface area contributed by atoms with E-state index in [1.807, 2.05) is 18.5 Å². The molecule has 92 valence electrons. The van der Waals surface area contributed by atoms with Crippen LogP contribution in [0.2, 0.25) is 0 Å². The SMILES string of the molecule is COCCCN(C)c1nc(N)nc2sccc12. The molecule has 0 amide bonds. The van der Waals surface area contributed by atoms with E-state index in [1.54, 1.807) is 18.4 Å². The third-order valence-electron chi connectivity index (χ3n) is 2.53. The third kappa shape index (κ3) is 2.65. The highest BCUT2D eigenvalue weighted by atomic mass is 32.1. The molecule has 0 bridgehead atoms. The summed E-state index contributed by atoms with van der Waals surface area (Å²) >= 11 is 1.58. The summed E-state index contributed by atoms with van der Waals surface area (Å²) in [5, 5.41) is 3.06.